The Bertz CT molecular complexity index is 1680. The van der Waals surface area contributed by atoms with Gasteiger partial charge in [0.2, 0.25) is 0 Å². The lowest BCUT2D eigenvalue weighted by atomic mass is 9.97. The number of nitrogens with zero attached hydrogens (tertiary/aromatic N) is 2. The molecule has 3 aromatic carbocycles. The molecule has 5 rings (SSSR count). The monoisotopic (exact) mass is 517 g/mol. The van der Waals surface area contributed by atoms with Crippen LogP contribution < -0.4 is 15.8 Å². The van der Waals surface area contributed by atoms with Crippen molar-refractivity contribution in [3.05, 3.63) is 88.7 Å². The summed E-state index contributed by atoms with van der Waals surface area (Å²) in [6.07, 6.45) is 0.393. The van der Waals surface area contributed by atoms with Gasteiger partial charge >= 0.3 is 0 Å². The molecule has 1 fully saturated rings. The molecule has 8 nitrogen and oxygen atoms in total. The van der Waals surface area contributed by atoms with Gasteiger partial charge in [-0.1, -0.05) is 44.2 Å². The molecule has 0 aliphatic carbocycles. The van der Waals surface area contributed by atoms with E-state index in [1.807, 2.05) is 30.3 Å². The van der Waals surface area contributed by atoms with Crippen LogP contribution in [0.25, 0.3) is 27.7 Å². The van der Waals surface area contributed by atoms with E-state index in [-0.39, 0.29) is 16.3 Å². The van der Waals surface area contributed by atoms with E-state index in [2.05, 4.69) is 35.9 Å². The van der Waals surface area contributed by atoms with Crippen LogP contribution in [0, 0.1) is 0 Å². The number of sulfonamides is 1. The van der Waals surface area contributed by atoms with E-state index in [1.165, 1.54) is 28.3 Å². The third-order valence-electron chi connectivity index (χ3n) is 6.33. The molecule has 190 valence electrons. The molecule has 0 unspecified atom stereocenters. The molecule has 0 atom stereocenters. The first-order chi connectivity index (χ1) is 17.8. The maximum atomic E-state index is 13.0. The standard InChI is InChI=1S/C28H27N3O5S/c1-18(2)19-5-4-6-20(15-19)21-7-10-25(26(17-21)35-3)31-24-11-9-23(16-22(24)8-12-28(31)32)37(33,34)30-27-13-14-36-29-27/h4-12,15-18H,13-14H2,1-3H3,(H,29,30). The maximum Gasteiger partial charge on any atom is 0.284 e. The van der Waals surface area contributed by atoms with Crippen molar-refractivity contribution in [3.8, 4) is 22.6 Å². The highest BCUT2D eigenvalue weighted by atomic mass is 32.2. The lowest BCUT2D eigenvalue weighted by molar-refractivity contribution is 0.122. The molecule has 0 bridgehead atoms. The van der Waals surface area contributed by atoms with Crippen molar-refractivity contribution in [2.45, 2.75) is 31.1 Å². The van der Waals surface area contributed by atoms with E-state index in [0.29, 0.717) is 41.3 Å². The van der Waals surface area contributed by atoms with Crippen molar-refractivity contribution in [1.82, 2.24) is 10.0 Å². The number of pyridine rings is 1. The molecule has 2 heterocycles. The van der Waals surface area contributed by atoms with E-state index >= 15 is 0 Å². The largest absolute Gasteiger partial charge is 0.495 e. The van der Waals surface area contributed by atoms with Crippen molar-refractivity contribution < 1.29 is 18.0 Å². The van der Waals surface area contributed by atoms with Crippen LogP contribution in [0.15, 0.2) is 86.9 Å². The zero-order valence-corrected chi connectivity index (χ0v) is 21.6. The Kier molecular flexibility index (Phi) is 6.57. The second-order valence-electron chi connectivity index (χ2n) is 9.11. The van der Waals surface area contributed by atoms with E-state index in [0.717, 1.165) is 11.1 Å². The Labute approximate surface area is 215 Å². The Morgan fingerprint density at radius 1 is 1.00 bits per heavy atom. The van der Waals surface area contributed by atoms with Crippen molar-refractivity contribution in [1.29, 1.82) is 0 Å². The van der Waals surface area contributed by atoms with Gasteiger partial charge in [-0.15, -0.1) is 4.40 Å². The highest BCUT2D eigenvalue weighted by Gasteiger charge is 2.19. The predicted molar refractivity (Wildman–Crippen MR) is 144 cm³/mol. The summed E-state index contributed by atoms with van der Waals surface area (Å²) in [5.41, 5.74) is 6.61. The van der Waals surface area contributed by atoms with Crippen molar-refractivity contribution in [3.63, 3.8) is 0 Å². The van der Waals surface area contributed by atoms with Gasteiger partial charge in [0.25, 0.3) is 15.6 Å². The zero-order valence-electron chi connectivity index (χ0n) is 20.8. The van der Waals surface area contributed by atoms with Crippen LogP contribution in [0.5, 0.6) is 5.75 Å². The maximum absolute atomic E-state index is 13.0. The van der Waals surface area contributed by atoms with Gasteiger partial charge in [0.15, 0.2) is 0 Å². The van der Waals surface area contributed by atoms with Crippen LogP contribution in [-0.2, 0) is 14.9 Å². The normalized spacial score (nSPS) is 14.9. The van der Waals surface area contributed by atoms with Gasteiger partial charge in [0, 0.05) is 17.9 Å². The van der Waals surface area contributed by atoms with E-state index < -0.39 is 10.0 Å². The third kappa shape index (κ3) is 4.87. The Morgan fingerprint density at radius 2 is 1.81 bits per heavy atom. The molecule has 1 saturated heterocycles. The molecule has 4 aromatic rings. The minimum atomic E-state index is -3.95. The van der Waals surface area contributed by atoms with E-state index in [1.54, 1.807) is 19.2 Å². The number of amidine groups is 1. The van der Waals surface area contributed by atoms with Gasteiger partial charge in [0.1, 0.15) is 11.6 Å². The number of benzene rings is 3. The molecule has 0 spiro atoms. The van der Waals surface area contributed by atoms with E-state index in [9.17, 15) is 13.2 Å². The van der Waals surface area contributed by atoms with Crippen LogP contribution in [0.2, 0.25) is 0 Å². The van der Waals surface area contributed by atoms with Gasteiger partial charge in [0.05, 0.1) is 29.8 Å². The van der Waals surface area contributed by atoms with E-state index in [4.69, 9.17) is 9.57 Å². The number of methoxy groups -OCH3 is 1. The molecule has 1 aliphatic heterocycles. The summed E-state index contributed by atoms with van der Waals surface area (Å²) >= 11 is 0. The Balaban J connectivity index is 1.60. The minimum absolute atomic E-state index is 0.0266. The second kappa shape index (κ2) is 9.84. The van der Waals surface area contributed by atoms with Crippen LogP contribution in [0.1, 0.15) is 31.7 Å². The predicted octanol–water partition coefficient (Wildman–Crippen LogP) is 4.80. The van der Waals surface area contributed by atoms with Gasteiger partial charge in [-0.05, 0) is 59.0 Å². The van der Waals surface area contributed by atoms with Gasteiger partial charge in [-0.25, -0.2) is 0 Å². The molecule has 9 heteroatoms. The zero-order chi connectivity index (χ0) is 26.2. The molecule has 1 aliphatic rings. The molecule has 0 saturated carbocycles. The fourth-order valence-corrected chi connectivity index (χ4v) is 5.39. The summed E-state index contributed by atoms with van der Waals surface area (Å²) in [5.74, 6) is 1.18. The topological polar surface area (TPSA) is 99.0 Å². The number of aromatic nitrogens is 1. The van der Waals surface area contributed by atoms with Crippen molar-refractivity contribution >= 4 is 26.8 Å². The smallest absolute Gasteiger partial charge is 0.284 e. The highest BCUT2D eigenvalue weighted by Crippen LogP contribution is 2.32. The quantitative estimate of drug-likeness (QED) is 0.394. The first-order valence-corrected chi connectivity index (χ1v) is 13.4. The number of nitrogens with one attached hydrogen (secondary N) is 1. The molecular weight excluding hydrogens is 490 g/mol. The molecule has 1 aromatic heterocycles. The Hall–Kier alpha value is -3.95. The average molecular weight is 518 g/mol. The fraction of sp³-hybridized carbons (Fsp3) is 0.214. The first kappa shape index (κ1) is 24.7. The molecule has 0 amide bonds. The first-order valence-electron chi connectivity index (χ1n) is 11.9. The number of hydrogen-bond acceptors (Lipinski definition) is 5. The van der Waals surface area contributed by atoms with Crippen molar-refractivity contribution in [2.75, 3.05) is 13.7 Å². The summed E-state index contributed by atoms with van der Waals surface area (Å²) in [6, 6.07) is 21.6. The average Bonchev–Trinajstić information content (AvgIpc) is 3.40. The summed E-state index contributed by atoms with van der Waals surface area (Å²) in [5, 5.41) is 0.576. The number of fused-ring (bicyclic) bond motifs is 1. The molecule has 0 radical (unpaired) electrons. The number of ether oxygens (including phenoxy) is 1. The van der Waals surface area contributed by atoms with Gasteiger partial charge < -0.3 is 4.74 Å². The summed E-state index contributed by atoms with van der Waals surface area (Å²) in [6.45, 7) is 4.67. The summed E-state index contributed by atoms with van der Waals surface area (Å²) in [4.78, 5) is 18.0. The molecule has 1 N–H and O–H groups in total. The van der Waals surface area contributed by atoms with Crippen LogP contribution in [0.4, 0.5) is 0 Å². The number of hydroxylamine groups is 1. The summed E-state index contributed by atoms with van der Waals surface area (Å²) in [7, 11) is -2.38. The van der Waals surface area contributed by atoms with Gasteiger partial charge in [-0.3, -0.25) is 19.7 Å². The Morgan fingerprint density at radius 3 is 2.54 bits per heavy atom. The third-order valence-corrected chi connectivity index (χ3v) is 7.64. The van der Waals surface area contributed by atoms with Crippen molar-refractivity contribution in [2.24, 2.45) is 4.40 Å². The van der Waals surface area contributed by atoms with Crippen LogP contribution >= 0.6 is 0 Å². The number of rotatable bonds is 6. The number of hydrogen-bond donors (Lipinski definition) is 1. The second-order valence-corrected chi connectivity index (χ2v) is 10.7. The van der Waals surface area contributed by atoms with Crippen LogP contribution in [0.3, 0.4) is 0 Å². The molecular formula is C28H27N3O5S. The fourth-order valence-electron chi connectivity index (χ4n) is 4.35. The SMILES string of the molecule is COc1cc(-c2cccc(C(C)C)c2)ccc1-n1c(=O)ccc2cc(S(=O)(=O)/N=C3\CCON3)ccc21. The minimum Gasteiger partial charge on any atom is -0.495 e. The van der Waals surface area contributed by atoms with Gasteiger partial charge in [-0.2, -0.15) is 8.42 Å². The lowest BCUT2D eigenvalue weighted by Crippen LogP contribution is -2.18. The highest BCUT2D eigenvalue weighted by molar-refractivity contribution is 7.90. The lowest BCUT2D eigenvalue weighted by Gasteiger charge is -2.16. The van der Waals surface area contributed by atoms with Crippen LogP contribution in [-0.4, -0.2) is 32.5 Å². The summed E-state index contributed by atoms with van der Waals surface area (Å²) < 4.78 is 36.7. The molecule has 37 heavy (non-hydrogen) atoms.